The van der Waals surface area contributed by atoms with Gasteiger partial charge in [-0.15, -0.1) is 0 Å². The van der Waals surface area contributed by atoms with E-state index in [1.54, 1.807) is 6.08 Å². The molecule has 0 aromatic carbocycles. The first-order valence-corrected chi connectivity index (χ1v) is 8.69. The molecule has 7 atom stereocenters. The van der Waals surface area contributed by atoms with Crippen molar-refractivity contribution in [3.05, 3.63) is 23.8 Å². The van der Waals surface area contributed by atoms with Crippen LogP contribution in [0, 0.1) is 28.6 Å². The number of carbonyl (C=O) groups excluding carboxylic acids is 2. The molecule has 0 aromatic rings. The van der Waals surface area contributed by atoms with E-state index in [9.17, 15) is 9.59 Å². The standard InChI is InChI=1S/C19H22O4/c1-18-6-5-12-11(13(18)8-15(21)22-9-18)4-3-10-7-14(20)16-17(23-16)19(10,12)2/h3-4,7,11-13,16-17H,5-6,8-9H2,1-2H3/t11-,12+,13+,16+,17+,18-,19+/m1/s1. The third-order valence-electron chi connectivity index (χ3n) is 7.35. The molecule has 3 fully saturated rings. The zero-order chi connectivity index (χ0) is 16.0. The number of fused-ring (bicyclic) bond motifs is 7. The van der Waals surface area contributed by atoms with E-state index in [1.165, 1.54) is 0 Å². The Morgan fingerprint density at radius 3 is 2.87 bits per heavy atom. The van der Waals surface area contributed by atoms with E-state index in [1.807, 2.05) is 0 Å². The fourth-order valence-corrected chi connectivity index (χ4v) is 5.83. The molecular formula is C19H22O4. The van der Waals surface area contributed by atoms with Gasteiger partial charge in [0, 0.05) is 17.3 Å². The molecule has 0 aromatic heterocycles. The maximum atomic E-state index is 12.0. The molecule has 2 heterocycles. The molecule has 0 unspecified atom stereocenters. The average Bonchev–Trinajstić information content (AvgIpc) is 3.31. The zero-order valence-electron chi connectivity index (χ0n) is 13.6. The predicted molar refractivity (Wildman–Crippen MR) is 82.4 cm³/mol. The lowest BCUT2D eigenvalue weighted by Gasteiger charge is -2.56. The number of carbonyl (C=O) groups is 2. The van der Waals surface area contributed by atoms with Gasteiger partial charge in [-0.2, -0.15) is 0 Å². The van der Waals surface area contributed by atoms with E-state index >= 15 is 0 Å². The van der Waals surface area contributed by atoms with Crippen LogP contribution < -0.4 is 0 Å². The summed E-state index contributed by atoms with van der Waals surface area (Å²) in [5.74, 6) is 1.22. The van der Waals surface area contributed by atoms with Gasteiger partial charge >= 0.3 is 5.97 Å². The molecule has 0 spiro atoms. The van der Waals surface area contributed by atoms with E-state index in [0.29, 0.717) is 30.8 Å². The minimum absolute atomic E-state index is 0.0346. The number of cyclic esters (lactones) is 1. The lowest BCUT2D eigenvalue weighted by atomic mass is 9.48. The van der Waals surface area contributed by atoms with Crippen molar-refractivity contribution in [2.24, 2.45) is 28.6 Å². The van der Waals surface area contributed by atoms with E-state index in [2.05, 4.69) is 26.0 Å². The van der Waals surface area contributed by atoms with E-state index in [-0.39, 0.29) is 34.8 Å². The van der Waals surface area contributed by atoms with Gasteiger partial charge in [0.05, 0.1) is 6.61 Å². The number of esters is 1. The Labute approximate surface area is 135 Å². The van der Waals surface area contributed by atoms with Gasteiger partial charge in [-0.1, -0.05) is 26.0 Å². The first kappa shape index (κ1) is 14.0. The van der Waals surface area contributed by atoms with E-state index in [0.717, 1.165) is 18.4 Å². The molecule has 4 heteroatoms. The third kappa shape index (κ3) is 1.65. The molecule has 2 saturated heterocycles. The smallest absolute Gasteiger partial charge is 0.306 e. The van der Waals surface area contributed by atoms with E-state index < -0.39 is 0 Å². The second kappa shape index (κ2) is 4.15. The van der Waals surface area contributed by atoms with Crippen molar-refractivity contribution >= 4 is 11.8 Å². The maximum Gasteiger partial charge on any atom is 0.306 e. The van der Waals surface area contributed by atoms with Crippen molar-refractivity contribution in [1.82, 2.24) is 0 Å². The lowest BCUT2D eigenvalue weighted by molar-refractivity contribution is -0.168. The highest BCUT2D eigenvalue weighted by Gasteiger charge is 2.66. The van der Waals surface area contributed by atoms with Crippen molar-refractivity contribution in [2.45, 2.75) is 45.3 Å². The molecule has 2 aliphatic heterocycles. The van der Waals surface area contributed by atoms with Crippen molar-refractivity contribution in [3.63, 3.8) is 0 Å². The molecule has 0 bridgehead atoms. The monoisotopic (exact) mass is 314 g/mol. The van der Waals surface area contributed by atoms with Gasteiger partial charge in [0.1, 0.15) is 12.2 Å². The normalized spacial score (nSPS) is 53.3. The first-order chi connectivity index (χ1) is 10.9. The van der Waals surface area contributed by atoms with Gasteiger partial charge in [-0.3, -0.25) is 9.59 Å². The molecule has 3 aliphatic carbocycles. The fraction of sp³-hybridized carbons (Fsp3) is 0.684. The quantitative estimate of drug-likeness (QED) is 0.509. The summed E-state index contributed by atoms with van der Waals surface area (Å²) in [6, 6.07) is 0. The van der Waals surface area contributed by atoms with Crippen LogP contribution in [0.3, 0.4) is 0 Å². The van der Waals surface area contributed by atoms with Crippen LogP contribution in [0.4, 0.5) is 0 Å². The Bertz CT molecular complexity index is 677. The number of epoxide rings is 1. The van der Waals surface area contributed by atoms with Gasteiger partial charge in [0.25, 0.3) is 0 Å². The summed E-state index contributed by atoms with van der Waals surface area (Å²) in [6.07, 6.45) is 8.70. The molecule has 5 rings (SSSR count). The minimum atomic E-state index is -0.222. The Balaban J connectivity index is 1.58. The first-order valence-electron chi connectivity index (χ1n) is 8.69. The van der Waals surface area contributed by atoms with Gasteiger partial charge in [-0.25, -0.2) is 0 Å². The van der Waals surface area contributed by atoms with E-state index in [4.69, 9.17) is 9.47 Å². The molecule has 5 aliphatic rings. The van der Waals surface area contributed by atoms with Crippen LogP contribution in [0.25, 0.3) is 0 Å². The summed E-state index contributed by atoms with van der Waals surface area (Å²) in [7, 11) is 0. The highest BCUT2D eigenvalue weighted by atomic mass is 16.6. The molecule has 0 N–H and O–H groups in total. The molecule has 4 nitrogen and oxygen atoms in total. The van der Waals surface area contributed by atoms with Crippen molar-refractivity contribution in [2.75, 3.05) is 6.61 Å². The Hall–Kier alpha value is -1.42. The molecule has 1 saturated carbocycles. The highest BCUT2D eigenvalue weighted by Crippen LogP contribution is 2.64. The van der Waals surface area contributed by atoms with Crippen molar-refractivity contribution in [1.29, 1.82) is 0 Å². The van der Waals surface area contributed by atoms with Gasteiger partial charge in [0.15, 0.2) is 5.78 Å². The number of hydrogen-bond donors (Lipinski definition) is 0. The predicted octanol–water partition coefficient (Wildman–Crippen LogP) is 2.43. The molecule has 0 radical (unpaired) electrons. The Morgan fingerprint density at radius 1 is 1.22 bits per heavy atom. The Kier molecular flexibility index (Phi) is 2.52. The number of rotatable bonds is 0. The number of allylic oxidation sites excluding steroid dienone is 2. The number of ether oxygens (including phenoxy) is 2. The van der Waals surface area contributed by atoms with Crippen molar-refractivity contribution in [3.8, 4) is 0 Å². The highest BCUT2D eigenvalue weighted by molar-refractivity contribution is 5.98. The van der Waals surface area contributed by atoms with Crippen molar-refractivity contribution < 1.29 is 19.1 Å². The second-order valence-electron chi connectivity index (χ2n) is 8.47. The van der Waals surface area contributed by atoms with Crippen LogP contribution in [0.2, 0.25) is 0 Å². The van der Waals surface area contributed by atoms with Gasteiger partial charge < -0.3 is 9.47 Å². The topological polar surface area (TPSA) is 55.9 Å². The van der Waals surface area contributed by atoms with Crippen LogP contribution in [0.5, 0.6) is 0 Å². The fourth-order valence-electron chi connectivity index (χ4n) is 5.83. The minimum Gasteiger partial charge on any atom is -0.465 e. The molecule has 0 amide bonds. The molecule has 23 heavy (non-hydrogen) atoms. The van der Waals surface area contributed by atoms with Gasteiger partial charge in [-0.05, 0) is 42.2 Å². The Morgan fingerprint density at radius 2 is 2.04 bits per heavy atom. The van der Waals surface area contributed by atoms with Gasteiger partial charge in [0.2, 0.25) is 0 Å². The summed E-state index contributed by atoms with van der Waals surface area (Å²) in [4.78, 5) is 23.9. The lowest BCUT2D eigenvalue weighted by Crippen LogP contribution is -2.54. The largest absolute Gasteiger partial charge is 0.465 e. The summed E-state index contributed by atoms with van der Waals surface area (Å²) in [5, 5.41) is 0. The van der Waals surface area contributed by atoms with Crippen LogP contribution in [-0.2, 0) is 19.1 Å². The molecular weight excluding hydrogens is 292 g/mol. The average molecular weight is 314 g/mol. The SMILES string of the molecule is C[C@]12CC[C@H]3[C@@H](C=CC4=CC(=O)[C@@H]5O[C@@H]5[C@@]43C)[C@@H]1CC(=O)OC2. The van der Waals surface area contributed by atoms with Crippen LogP contribution >= 0.6 is 0 Å². The maximum absolute atomic E-state index is 12.0. The molecule has 122 valence electrons. The summed E-state index contributed by atoms with van der Waals surface area (Å²) in [5.41, 5.74) is 1.14. The summed E-state index contributed by atoms with van der Waals surface area (Å²) >= 11 is 0. The zero-order valence-corrected chi connectivity index (χ0v) is 13.6. The number of ketones is 1. The van der Waals surface area contributed by atoms with Crippen LogP contribution in [0.1, 0.15) is 33.1 Å². The second-order valence-corrected chi connectivity index (χ2v) is 8.47. The summed E-state index contributed by atoms with van der Waals surface area (Å²) < 4.78 is 11.1. The van der Waals surface area contributed by atoms with Crippen LogP contribution in [0.15, 0.2) is 23.8 Å². The summed E-state index contributed by atoms with van der Waals surface area (Å²) in [6.45, 7) is 5.08. The van der Waals surface area contributed by atoms with Crippen LogP contribution in [-0.4, -0.2) is 30.6 Å². The number of hydrogen-bond acceptors (Lipinski definition) is 4. The third-order valence-corrected chi connectivity index (χ3v) is 7.35.